The Morgan fingerprint density at radius 3 is 2.89 bits per heavy atom. The van der Waals surface area contributed by atoms with Crippen molar-refractivity contribution in [3.63, 3.8) is 0 Å². The summed E-state index contributed by atoms with van der Waals surface area (Å²) in [4.78, 5) is 11.9. The van der Waals surface area contributed by atoms with Gasteiger partial charge in [0, 0.05) is 7.05 Å². The van der Waals surface area contributed by atoms with Gasteiger partial charge in [0.25, 0.3) is 5.24 Å². The van der Waals surface area contributed by atoms with E-state index in [9.17, 15) is 4.79 Å². The number of allylic oxidation sites excluding steroid dienone is 1. The summed E-state index contributed by atoms with van der Waals surface area (Å²) in [6, 6.07) is 9.73. The highest BCUT2D eigenvalue weighted by atomic mass is 35.5. The second-order valence-corrected chi connectivity index (χ2v) is 5.09. The number of thioether (sulfide) groups is 1. The van der Waals surface area contributed by atoms with Crippen molar-refractivity contribution in [2.24, 2.45) is 5.10 Å². The van der Waals surface area contributed by atoms with Crippen LogP contribution in [0.2, 0.25) is 0 Å². The van der Waals surface area contributed by atoms with Gasteiger partial charge in [0.05, 0.1) is 28.4 Å². The van der Waals surface area contributed by atoms with Crippen molar-refractivity contribution in [3.8, 4) is 0 Å². The standard InChI is InChI=1S/C12H12ClN3OS/c1-16(9-5-3-2-4-6-9)15-8-11-10(13)7-14-12(17)18-11/h2-6,8H,7H2,1H3,(H,14,17)/b15-8+. The van der Waals surface area contributed by atoms with Gasteiger partial charge in [-0.25, -0.2) is 0 Å². The predicted octanol–water partition coefficient (Wildman–Crippen LogP) is 3.02. The molecule has 0 unspecified atom stereocenters. The molecule has 0 spiro atoms. The number of hydrogen-bond acceptors (Lipinski definition) is 4. The van der Waals surface area contributed by atoms with Gasteiger partial charge in [0.2, 0.25) is 0 Å². The Balaban J connectivity index is 2.09. The molecule has 2 rings (SSSR count). The van der Waals surface area contributed by atoms with E-state index in [4.69, 9.17) is 11.6 Å². The lowest BCUT2D eigenvalue weighted by Crippen LogP contribution is -2.25. The monoisotopic (exact) mass is 281 g/mol. The Bertz CT molecular complexity index is 501. The molecule has 0 bridgehead atoms. The van der Waals surface area contributed by atoms with Gasteiger partial charge in [0.1, 0.15) is 0 Å². The molecule has 1 aliphatic heterocycles. The Morgan fingerprint density at radius 2 is 2.17 bits per heavy atom. The summed E-state index contributed by atoms with van der Waals surface area (Å²) in [7, 11) is 1.84. The molecule has 1 heterocycles. The van der Waals surface area contributed by atoms with Crippen LogP contribution in [0.1, 0.15) is 0 Å². The molecule has 1 aromatic rings. The minimum Gasteiger partial charge on any atom is -0.342 e. The number of halogens is 1. The van der Waals surface area contributed by atoms with Gasteiger partial charge in [-0.15, -0.1) is 0 Å². The first-order valence-corrected chi connectivity index (χ1v) is 6.53. The molecule has 4 nitrogen and oxygen atoms in total. The molecule has 0 saturated heterocycles. The fourth-order valence-corrected chi connectivity index (χ4v) is 2.23. The molecule has 0 fully saturated rings. The number of rotatable bonds is 3. The van der Waals surface area contributed by atoms with Gasteiger partial charge in [-0.3, -0.25) is 9.80 Å². The van der Waals surface area contributed by atoms with Gasteiger partial charge in [0.15, 0.2) is 0 Å². The molecule has 0 aliphatic carbocycles. The lowest BCUT2D eigenvalue weighted by Gasteiger charge is -2.15. The van der Waals surface area contributed by atoms with Gasteiger partial charge >= 0.3 is 0 Å². The number of benzene rings is 1. The number of carbonyl (C=O) groups is 1. The molecular formula is C12H12ClN3OS. The van der Waals surface area contributed by atoms with Crippen LogP contribution in [0.5, 0.6) is 0 Å². The van der Waals surface area contributed by atoms with E-state index in [0.29, 0.717) is 16.5 Å². The van der Waals surface area contributed by atoms with Crippen LogP contribution >= 0.6 is 23.4 Å². The molecule has 1 aromatic carbocycles. The zero-order chi connectivity index (χ0) is 13.0. The zero-order valence-electron chi connectivity index (χ0n) is 9.76. The lowest BCUT2D eigenvalue weighted by atomic mass is 10.3. The number of hydrazone groups is 1. The smallest absolute Gasteiger partial charge is 0.284 e. The first kappa shape index (κ1) is 13.0. The second kappa shape index (κ2) is 5.93. The average molecular weight is 282 g/mol. The molecule has 94 valence electrons. The van der Waals surface area contributed by atoms with Crippen LogP contribution in [0.4, 0.5) is 10.5 Å². The van der Waals surface area contributed by atoms with Crippen molar-refractivity contribution in [2.45, 2.75) is 0 Å². The fraction of sp³-hybridized carbons (Fsp3) is 0.167. The highest BCUT2D eigenvalue weighted by Gasteiger charge is 2.16. The normalized spacial score (nSPS) is 16.0. The molecule has 0 atom stereocenters. The van der Waals surface area contributed by atoms with E-state index in [1.54, 1.807) is 11.2 Å². The molecule has 0 radical (unpaired) electrons. The summed E-state index contributed by atoms with van der Waals surface area (Å²) in [5, 5.41) is 9.13. The Hall–Kier alpha value is -1.46. The topological polar surface area (TPSA) is 44.7 Å². The number of nitrogens with one attached hydrogen (secondary N) is 1. The second-order valence-electron chi connectivity index (χ2n) is 3.62. The minimum atomic E-state index is -0.108. The summed E-state index contributed by atoms with van der Waals surface area (Å²) >= 11 is 7.07. The molecule has 0 aromatic heterocycles. The first-order valence-electron chi connectivity index (χ1n) is 5.34. The third-order valence-corrected chi connectivity index (χ3v) is 3.69. The Labute approximate surface area is 115 Å². The van der Waals surface area contributed by atoms with Crippen molar-refractivity contribution < 1.29 is 4.79 Å². The molecule has 1 aliphatic rings. The van der Waals surface area contributed by atoms with Crippen LogP contribution in [0.3, 0.4) is 0 Å². The SMILES string of the molecule is CN(/N=C/C1=C(Cl)CNC(=O)S1)c1ccccc1. The van der Waals surface area contributed by atoms with Gasteiger partial charge < -0.3 is 5.32 Å². The number of carbonyl (C=O) groups excluding carboxylic acids is 1. The van der Waals surface area contributed by atoms with Gasteiger partial charge in [-0.1, -0.05) is 29.8 Å². The van der Waals surface area contributed by atoms with Crippen molar-refractivity contribution in [1.29, 1.82) is 0 Å². The number of anilines is 1. The Kier molecular flexibility index (Phi) is 4.28. The van der Waals surface area contributed by atoms with Crippen LogP contribution in [0.15, 0.2) is 45.4 Å². The Morgan fingerprint density at radius 1 is 1.44 bits per heavy atom. The zero-order valence-corrected chi connectivity index (χ0v) is 11.3. The van der Waals surface area contributed by atoms with E-state index < -0.39 is 0 Å². The summed E-state index contributed by atoms with van der Waals surface area (Å²) in [5.74, 6) is 0. The van der Waals surface area contributed by atoms with E-state index in [2.05, 4.69) is 10.4 Å². The maximum absolute atomic E-state index is 11.2. The van der Waals surface area contributed by atoms with Crippen LogP contribution in [-0.2, 0) is 0 Å². The van der Waals surface area contributed by atoms with E-state index in [-0.39, 0.29) is 5.24 Å². The number of hydrogen-bond donors (Lipinski definition) is 1. The highest BCUT2D eigenvalue weighted by molar-refractivity contribution is 8.17. The minimum absolute atomic E-state index is 0.108. The van der Waals surface area contributed by atoms with Crippen molar-refractivity contribution in [3.05, 3.63) is 40.3 Å². The summed E-state index contributed by atoms with van der Waals surface area (Å²) in [6.07, 6.45) is 1.61. The lowest BCUT2D eigenvalue weighted by molar-refractivity contribution is 0.261. The number of nitrogens with zero attached hydrogens (tertiary/aromatic N) is 2. The van der Waals surface area contributed by atoms with E-state index in [1.807, 2.05) is 37.4 Å². The first-order chi connectivity index (χ1) is 8.66. The van der Waals surface area contributed by atoms with E-state index >= 15 is 0 Å². The van der Waals surface area contributed by atoms with Crippen LogP contribution in [-0.4, -0.2) is 25.0 Å². The largest absolute Gasteiger partial charge is 0.342 e. The van der Waals surface area contributed by atoms with Crippen LogP contribution < -0.4 is 10.3 Å². The quantitative estimate of drug-likeness (QED) is 0.684. The third kappa shape index (κ3) is 3.27. The molecule has 1 amide bonds. The summed E-state index contributed by atoms with van der Waals surface area (Å²) < 4.78 is 0. The van der Waals surface area contributed by atoms with Gasteiger partial charge in [-0.2, -0.15) is 5.10 Å². The summed E-state index contributed by atoms with van der Waals surface area (Å²) in [6.45, 7) is 0.365. The van der Waals surface area contributed by atoms with Crippen LogP contribution in [0.25, 0.3) is 0 Å². The van der Waals surface area contributed by atoms with Gasteiger partial charge in [-0.05, 0) is 23.9 Å². The van der Waals surface area contributed by atoms with E-state index in [1.165, 1.54) is 0 Å². The maximum Gasteiger partial charge on any atom is 0.284 e. The number of para-hydroxylation sites is 1. The van der Waals surface area contributed by atoms with Crippen LogP contribution in [0, 0.1) is 0 Å². The van der Waals surface area contributed by atoms with E-state index in [0.717, 1.165) is 17.4 Å². The molecule has 6 heteroatoms. The molecule has 18 heavy (non-hydrogen) atoms. The molecule has 0 saturated carbocycles. The van der Waals surface area contributed by atoms with Crippen molar-refractivity contribution in [2.75, 3.05) is 18.6 Å². The molecule has 1 N–H and O–H groups in total. The molecular weight excluding hydrogens is 270 g/mol. The summed E-state index contributed by atoms with van der Waals surface area (Å²) in [5.41, 5.74) is 0.968. The average Bonchev–Trinajstić information content (AvgIpc) is 2.40. The predicted molar refractivity (Wildman–Crippen MR) is 77.2 cm³/mol. The number of amides is 1. The van der Waals surface area contributed by atoms with Crippen molar-refractivity contribution >= 4 is 40.5 Å². The third-order valence-electron chi connectivity index (χ3n) is 2.34. The fourth-order valence-electron chi connectivity index (χ4n) is 1.37. The maximum atomic E-state index is 11.2. The van der Waals surface area contributed by atoms with Crippen molar-refractivity contribution in [1.82, 2.24) is 5.32 Å². The highest BCUT2D eigenvalue weighted by Crippen LogP contribution is 2.25.